The van der Waals surface area contributed by atoms with Crippen molar-refractivity contribution in [3.8, 4) is 11.3 Å². The molecule has 0 saturated carbocycles. The first-order chi connectivity index (χ1) is 12.3. The van der Waals surface area contributed by atoms with Crippen LogP contribution in [0.3, 0.4) is 0 Å². The molecule has 1 fully saturated rings. The van der Waals surface area contributed by atoms with E-state index in [1.54, 1.807) is 38.1 Å². The fourth-order valence-electron chi connectivity index (χ4n) is 2.48. The molecule has 2 aromatic rings. The molecule has 9 nitrogen and oxygen atoms in total. The number of hydrogen-bond donors (Lipinski definition) is 1. The van der Waals surface area contributed by atoms with Crippen molar-refractivity contribution in [3.05, 3.63) is 52.3 Å². The normalized spacial score (nSPS) is 20.0. The number of nitro benzene ring substituents is 1. The minimum atomic E-state index is -0.967. The Balaban J connectivity index is 1.80. The molecule has 2 heterocycles. The highest BCUT2D eigenvalue weighted by molar-refractivity contribution is 6.07. The molecule has 1 aromatic carbocycles. The van der Waals surface area contributed by atoms with Gasteiger partial charge in [0, 0.05) is 17.7 Å². The Morgan fingerprint density at radius 1 is 1.35 bits per heavy atom. The highest BCUT2D eigenvalue weighted by Gasteiger charge is 2.46. The lowest BCUT2D eigenvalue weighted by molar-refractivity contribution is -0.384. The summed E-state index contributed by atoms with van der Waals surface area (Å²) in [4.78, 5) is 34.5. The zero-order chi connectivity index (χ0) is 18.9. The van der Waals surface area contributed by atoms with Crippen LogP contribution >= 0.6 is 0 Å². The summed E-state index contributed by atoms with van der Waals surface area (Å²) >= 11 is 0. The summed E-state index contributed by atoms with van der Waals surface area (Å²) in [5.74, 6) is 0.273. The van der Waals surface area contributed by atoms with Gasteiger partial charge < -0.3 is 9.73 Å². The molecular weight excluding hydrogens is 340 g/mol. The molecule has 1 atom stereocenters. The van der Waals surface area contributed by atoms with Crippen LogP contribution in [0.25, 0.3) is 11.3 Å². The average molecular weight is 356 g/mol. The number of nitrogens with one attached hydrogen (secondary N) is 1. The van der Waals surface area contributed by atoms with Gasteiger partial charge in [-0.25, -0.2) is 4.79 Å². The lowest BCUT2D eigenvalue weighted by atomic mass is 10.00. The van der Waals surface area contributed by atoms with Gasteiger partial charge in [-0.05, 0) is 25.5 Å². The number of carbonyl (C=O) groups is 2. The van der Waals surface area contributed by atoms with Crippen molar-refractivity contribution in [1.29, 1.82) is 0 Å². The maximum atomic E-state index is 12.3. The van der Waals surface area contributed by atoms with E-state index in [4.69, 9.17) is 4.42 Å². The van der Waals surface area contributed by atoms with Crippen LogP contribution in [0.2, 0.25) is 0 Å². The van der Waals surface area contributed by atoms with Gasteiger partial charge in [0.1, 0.15) is 17.1 Å². The Hall–Kier alpha value is -3.49. The van der Waals surface area contributed by atoms with Crippen LogP contribution in [0.15, 0.2) is 45.9 Å². The number of nitro groups is 1. The maximum Gasteiger partial charge on any atom is 0.346 e. The molecule has 1 aromatic heterocycles. The average Bonchev–Trinajstić information content (AvgIpc) is 3.18. The van der Waals surface area contributed by atoms with E-state index in [-0.39, 0.29) is 5.69 Å². The van der Waals surface area contributed by atoms with Gasteiger partial charge >= 0.3 is 6.03 Å². The molecule has 1 saturated heterocycles. The number of hydrazone groups is 1. The Morgan fingerprint density at radius 3 is 2.77 bits per heavy atom. The van der Waals surface area contributed by atoms with E-state index in [1.807, 2.05) is 0 Å². The summed E-state index contributed by atoms with van der Waals surface area (Å²) < 4.78 is 5.57. The number of nitrogens with zero attached hydrogens (tertiary/aromatic N) is 3. The van der Waals surface area contributed by atoms with E-state index in [9.17, 15) is 19.7 Å². The van der Waals surface area contributed by atoms with Gasteiger partial charge in [-0.1, -0.05) is 19.1 Å². The number of rotatable bonds is 5. The lowest BCUT2D eigenvalue weighted by Crippen LogP contribution is -2.42. The van der Waals surface area contributed by atoms with Gasteiger partial charge in [0.2, 0.25) is 0 Å². The minimum Gasteiger partial charge on any atom is -0.455 e. The molecule has 0 radical (unpaired) electrons. The predicted molar refractivity (Wildman–Crippen MR) is 92.5 cm³/mol. The number of benzene rings is 1. The molecule has 134 valence electrons. The topological polar surface area (TPSA) is 118 Å². The Morgan fingerprint density at radius 2 is 2.12 bits per heavy atom. The molecular formula is C17H16N4O5. The van der Waals surface area contributed by atoms with Crippen LogP contribution in [-0.2, 0) is 4.79 Å². The summed E-state index contributed by atoms with van der Waals surface area (Å²) in [6.45, 7) is 3.43. The number of non-ortho nitro benzene ring substituents is 1. The zero-order valence-corrected chi connectivity index (χ0v) is 14.1. The first-order valence-corrected chi connectivity index (χ1v) is 7.89. The predicted octanol–water partition coefficient (Wildman–Crippen LogP) is 2.91. The third-order valence-corrected chi connectivity index (χ3v) is 4.22. The van der Waals surface area contributed by atoms with E-state index < -0.39 is 22.4 Å². The summed E-state index contributed by atoms with van der Waals surface area (Å²) in [6.07, 6.45) is 1.70. The van der Waals surface area contributed by atoms with E-state index in [2.05, 4.69) is 10.4 Å². The minimum absolute atomic E-state index is 0.0488. The van der Waals surface area contributed by atoms with Gasteiger partial charge in [0.15, 0.2) is 0 Å². The van der Waals surface area contributed by atoms with Gasteiger partial charge in [0.05, 0.1) is 11.1 Å². The Labute approximate surface area is 148 Å². The molecule has 3 amide bonds. The number of amides is 3. The van der Waals surface area contributed by atoms with Crippen molar-refractivity contribution in [1.82, 2.24) is 10.3 Å². The second-order valence-electron chi connectivity index (χ2n) is 5.99. The van der Waals surface area contributed by atoms with Crippen molar-refractivity contribution in [2.24, 2.45) is 5.10 Å². The molecule has 0 aliphatic carbocycles. The van der Waals surface area contributed by atoms with Crippen LogP contribution in [0.1, 0.15) is 26.0 Å². The first-order valence-electron chi connectivity index (χ1n) is 7.89. The summed E-state index contributed by atoms with van der Waals surface area (Å²) in [5, 5.41) is 18.1. The van der Waals surface area contributed by atoms with Crippen LogP contribution < -0.4 is 5.32 Å². The molecule has 1 aliphatic heterocycles. The molecule has 3 rings (SSSR count). The van der Waals surface area contributed by atoms with Gasteiger partial charge in [-0.3, -0.25) is 14.9 Å². The second-order valence-corrected chi connectivity index (χ2v) is 5.99. The van der Waals surface area contributed by atoms with Crippen LogP contribution in [0.4, 0.5) is 10.5 Å². The number of hydrogen-bond acceptors (Lipinski definition) is 6. The molecule has 9 heteroatoms. The second kappa shape index (κ2) is 6.43. The van der Waals surface area contributed by atoms with E-state index in [0.717, 1.165) is 5.01 Å². The van der Waals surface area contributed by atoms with Crippen molar-refractivity contribution in [3.63, 3.8) is 0 Å². The Kier molecular flexibility index (Phi) is 4.29. The molecule has 0 spiro atoms. The zero-order valence-electron chi connectivity index (χ0n) is 14.1. The number of imide groups is 1. The Bertz CT molecular complexity index is 919. The third-order valence-electron chi connectivity index (χ3n) is 4.22. The monoisotopic (exact) mass is 356 g/mol. The molecule has 0 bridgehead atoms. The SMILES string of the molecule is CCC1(C)NC(=O)N(/N=C/c2ccc(-c3cccc([N+](=O)[O-])c3)o2)C1=O. The summed E-state index contributed by atoms with van der Waals surface area (Å²) in [5.41, 5.74) is -0.481. The van der Waals surface area contributed by atoms with Crippen molar-refractivity contribution in [2.75, 3.05) is 0 Å². The summed E-state index contributed by atoms with van der Waals surface area (Å²) in [6, 6.07) is 8.64. The van der Waals surface area contributed by atoms with Crippen molar-refractivity contribution < 1.29 is 18.9 Å². The molecule has 1 N–H and O–H groups in total. The van der Waals surface area contributed by atoms with Crippen molar-refractivity contribution in [2.45, 2.75) is 25.8 Å². The van der Waals surface area contributed by atoms with Crippen molar-refractivity contribution >= 4 is 23.8 Å². The third kappa shape index (κ3) is 3.06. The van der Waals surface area contributed by atoms with Crippen LogP contribution in [-0.4, -0.2) is 33.6 Å². The standard InChI is InChI=1S/C17H16N4O5/c1-3-17(2)15(22)20(16(23)19-17)18-10-13-7-8-14(26-13)11-5-4-6-12(9-11)21(24)25/h4-10H,3H2,1-2H3,(H,19,23)/b18-10+. The fraction of sp³-hybridized carbons (Fsp3) is 0.235. The molecule has 26 heavy (non-hydrogen) atoms. The largest absolute Gasteiger partial charge is 0.455 e. The smallest absolute Gasteiger partial charge is 0.346 e. The highest BCUT2D eigenvalue weighted by Crippen LogP contribution is 2.26. The highest BCUT2D eigenvalue weighted by atomic mass is 16.6. The number of urea groups is 1. The molecule has 1 aliphatic rings. The van der Waals surface area contributed by atoms with Gasteiger partial charge in [-0.2, -0.15) is 5.10 Å². The summed E-state index contributed by atoms with van der Waals surface area (Å²) in [7, 11) is 0. The van der Waals surface area contributed by atoms with Crippen LogP contribution in [0.5, 0.6) is 0 Å². The number of carbonyl (C=O) groups excluding carboxylic acids is 2. The van der Waals surface area contributed by atoms with Gasteiger partial charge in [-0.15, -0.1) is 5.01 Å². The van der Waals surface area contributed by atoms with E-state index in [0.29, 0.717) is 23.5 Å². The quantitative estimate of drug-likeness (QED) is 0.382. The number of furan rings is 1. The van der Waals surface area contributed by atoms with E-state index >= 15 is 0 Å². The lowest BCUT2D eigenvalue weighted by Gasteiger charge is -2.17. The van der Waals surface area contributed by atoms with E-state index in [1.165, 1.54) is 18.3 Å². The van der Waals surface area contributed by atoms with Crippen LogP contribution in [0, 0.1) is 10.1 Å². The molecule has 1 unspecified atom stereocenters. The first kappa shape index (κ1) is 17.3. The maximum absolute atomic E-state index is 12.3. The fourth-order valence-corrected chi connectivity index (χ4v) is 2.48. The van der Waals surface area contributed by atoms with Gasteiger partial charge in [0.25, 0.3) is 11.6 Å².